The summed E-state index contributed by atoms with van der Waals surface area (Å²) >= 11 is 0. The van der Waals surface area contributed by atoms with Crippen molar-refractivity contribution in [1.82, 2.24) is 15.3 Å². The Balaban J connectivity index is 1.97. The third kappa shape index (κ3) is 2.25. The summed E-state index contributed by atoms with van der Waals surface area (Å²) in [5, 5.41) is 3.36. The molecule has 2 rings (SSSR count). The minimum atomic E-state index is 0.784. The van der Waals surface area contributed by atoms with Crippen LogP contribution in [-0.2, 0) is 6.42 Å². The molecular weight excluding hydrogens is 162 g/mol. The van der Waals surface area contributed by atoms with Gasteiger partial charge in [0.25, 0.3) is 0 Å². The molecule has 1 saturated heterocycles. The molecule has 1 atom stereocenters. The molecule has 1 aromatic heterocycles. The van der Waals surface area contributed by atoms with Crippen molar-refractivity contribution in [1.29, 1.82) is 0 Å². The number of hydrogen-bond acceptors (Lipinski definition) is 3. The molecule has 70 valence electrons. The summed E-state index contributed by atoms with van der Waals surface area (Å²) in [7, 11) is 0. The molecule has 0 spiro atoms. The van der Waals surface area contributed by atoms with Crippen molar-refractivity contribution in [3.63, 3.8) is 0 Å². The highest BCUT2D eigenvalue weighted by atomic mass is 14.9. The molecule has 13 heavy (non-hydrogen) atoms. The van der Waals surface area contributed by atoms with Crippen molar-refractivity contribution in [3.8, 4) is 0 Å². The van der Waals surface area contributed by atoms with E-state index in [-0.39, 0.29) is 0 Å². The predicted octanol–water partition coefficient (Wildman–Crippen LogP) is 0.937. The van der Waals surface area contributed by atoms with E-state index in [4.69, 9.17) is 0 Å². The van der Waals surface area contributed by atoms with E-state index in [0.717, 1.165) is 31.3 Å². The van der Waals surface area contributed by atoms with Crippen molar-refractivity contribution in [2.75, 3.05) is 13.1 Å². The molecule has 1 fully saturated rings. The molecule has 1 N–H and O–H groups in total. The van der Waals surface area contributed by atoms with Gasteiger partial charge in [-0.25, -0.2) is 9.97 Å². The monoisotopic (exact) mass is 177 g/mol. The van der Waals surface area contributed by atoms with E-state index in [1.165, 1.54) is 12.0 Å². The number of nitrogens with one attached hydrogen (secondary N) is 1. The quantitative estimate of drug-likeness (QED) is 0.730. The highest BCUT2D eigenvalue weighted by molar-refractivity contribution is 5.06. The van der Waals surface area contributed by atoms with E-state index in [1.807, 2.05) is 19.3 Å². The zero-order valence-corrected chi connectivity index (χ0v) is 7.95. The normalized spacial score (nSPS) is 22.1. The Labute approximate surface area is 78.6 Å². The van der Waals surface area contributed by atoms with Gasteiger partial charge in [0.05, 0.1) is 0 Å². The summed E-state index contributed by atoms with van der Waals surface area (Å²) in [5.74, 6) is 1.64. The summed E-state index contributed by atoms with van der Waals surface area (Å²) in [6.07, 6.45) is 6.29. The average Bonchev–Trinajstić information content (AvgIpc) is 2.62. The van der Waals surface area contributed by atoms with Crippen molar-refractivity contribution in [2.45, 2.75) is 19.8 Å². The van der Waals surface area contributed by atoms with Crippen molar-refractivity contribution >= 4 is 0 Å². The van der Waals surface area contributed by atoms with Crippen LogP contribution < -0.4 is 5.32 Å². The smallest absolute Gasteiger partial charge is 0.125 e. The van der Waals surface area contributed by atoms with Crippen LogP contribution in [0, 0.1) is 12.8 Å². The Morgan fingerprint density at radius 3 is 2.85 bits per heavy atom. The molecule has 0 aliphatic carbocycles. The summed E-state index contributed by atoms with van der Waals surface area (Å²) < 4.78 is 0. The Hall–Kier alpha value is -0.960. The molecule has 0 radical (unpaired) electrons. The number of rotatable bonds is 2. The fraction of sp³-hybridized carbons (Fsp3) is 0.600. The maximum absolute atomic E-state index is 4.19. The zero-order chi connectivity index (χ0) is 9.10. The van der Waals surface area contributed by atoms with E-state index >= 15 is 0 Å². The molecular formula is C10H15N3. The second-order valence-corrected chi connectivity index (χ2v) is 3.70. The van der Waals surface area contributed by atoms with Gasteiger partial charge in [-0.05, 0) is 44.3 Å². The number of nitrogens with zero attached hydrogens (tertiary/aromatic N) is 2. The fourth-order valence-corrected chi connectivity index (χ4v) is 1.75. The lowest BCUT2D eigenvalue weighted by Gasteiger charge is -2.06. The van der Waals surface area contributed by atoms with Crippen molar-refractivity contribution in [2.24, 2.45) is 5.92 Å². The van der Waals surface area contributed by atoms with E-state index in [1.54, 1.807) is 0 Å². The van der Waals surface area contributed by atoms with Gasteiger partial charge >= 0.3 is 0 Å². The van der Waals surface area contributed by atoms with Gasteiger partial charge in [0.2, 0.25) is 0 Å². The third-order valence-electron chi connectivity index (χ3n) is 2.52. The molecule has 2 heterocycles. The minimum Gasteiger partial charge on any atom is -0.316 e. The van der Waals surface area contributed by atoms with Gasteiger partial charge in [0.1, 0.15) is 5.82 Å². The van der Waals surface area contributed by atoms with Gasteiger partial charge in [-0.2, -0.15) is 0 Å². The van der Waals surface area contributed by atoms with Crippen LogP contribution in [0.5, 0.6) is 0 Å². The first-order valence-electron chi connectivity index (χ1n) is 4.83. The largest absolute Gasteiger partial charge is 0.316 e. The molecule has 0 amide bonds. The SMILES string of the molecule is Cc1ncc(CC2CCNC2)cn1. The maximum Gasteiger partial charge on any atom is 0.125 e. The van der Waals surface area contributed by atoms with Gasteiger partial charge in [0, 0.05) is 12.4 Å². The van der Waals surface area contributed by atoms with Crippen LogP contribution in [0.25, 0.3) is 0 Å². The third-order valence-corrected chi connectivity index (χ3v) is 2.52. The Morgan fingerprint density at radius 1 is 1.46 bits per heavy atom. The fourth-order valence-electron chi connectivity index (χ4n) is 1.75. The molecule has 1 aromatic rings. The highest BCUT2D eigenvalue weighted by Crippen LogP contribution is 2.13. The second-order valence-electron chi connectivity index (χ2n) is 3.70. The first kappa shape index (κ1) is 8.63. The second kappa shape index (κ2) is 3.83. The summed E-state index contributed by atoms with van der Waals surface area (Å²) in [5.41, 5.74) is 1.26. The van der Waals surface area contributed by atoms with Crippen molar-refractivity contribution in [3.05, 3.63) is 23.8 Å². The first-order chi connectivity index (χ1) is 6.34. The summed E-state index contributed by atoms with van der Waals surface area (Å²) in [6, 6.07) is 0. The van der Waals surface area contributed by atoms with Crippen LogP contribution in [0.15, 0.2) is 12.4 Å². The zero-order valence-electron chi connectivity index (χ0n) is 7.95. The number of hydrogen-bond donors (Lipinski definition) is 1. The van der Waals surface area contributed by atoms with Gasteiger partial charge in [-0.3, -0.25) is 0 Å². The molecule has 1 aliphatic rings. The molecule has 0 bridgehead atoms. The van der Waals surface area contributed by atoms with E-state index in [2.05, 4.69) is 15.3 Å². The van der Waals surface area contributed by atoms with Crippen LogP contribution in [0.2, 0.25) is 0 Å². The predicted molar refractivity (Wildman–Crippen MR) is 51.4 cm³/mol. The molecule has 1 unspecified atom stereocenters. The van der Waals surface area contributed by atoms with Gasteiger partial charge in [0.15, 0.2) is 0 Å². The molecule has 0 aromatic carbocycles. The van der Waals surface area contributed by atoms with Crippen LogP contribution in [0.1, 0.15) is 17.8 Å². The van der Waals surface area contributed by atoms with E-state index < -0.39 is 0 Å². The number of aromatic nitrogens is 2. The van der Waals surface area contributed by atoms with Crippen LogP contribution in [0.4, 0.5) is 0 Å². The molecule has 3 heteroatoms. The Kier molecular flexibility index (Phi) is 2.54. The van der Waals surface area contributed by atoms with E-state index in [0.29, 0.717) is 0 Å². The van der Waals surface area contributed by atoms with E-state index in [9.17, 15) is 0 Å². The van der Waals surface area contributed by atoms with Crippen LogP contribution >= 0.6 is 0 Å². The van der Waals surface area contributed by atoms with Gasteiger partial charge in [-0.1, -0.05) is 0 Å². The molecule has 3 nitrogen and oxygen atoms in total. The molecule has 0 saturated carbocycles. The van der Waals surface area contributed by atoms with Crippen LogP contribution in [-0.4, -0.2) is 23.1 Å². The lowest BCUT2D eigenvalue weighted by atomic mass is 10.0. The minimum absolute atomic E-state index is 0.784. The lowest BCUT2D eigenvalue weighted by molar-refractivity contribution is 0.577. The summed E-state index contributed by atoms with van der Waals surface area (Å²) in [6.45, 7) is 4.23. The first-order valence-corrected chi connectivity index (χ1v) is 4.83. The topological polar surface area (TPSA) is 37.8 Å². The van der Waals surface area contributed by atoms with Gasteiger partial charge in [-0.15, -0.1) is 0 Å². The van der Waals surface area contributed by atoms with Gasteiger partial charge < -0.3 is 5.32 Å². The van der Waals surface area contributed by atoms with Crippen LogP contribution in [0.3, 0.4) is 0 Å². The Bertz CT molecular complexity index is 262. The Morgan fingerprint density at radius 2 is 2.23 bits per heavy atom. The molecule has 1 aliphatic heterocycles. The average molecular weight is 177 g/mol. The number of aryl methyl sites for hydroxylation is 1. The standard InChI is InChI=1S/C10H15N3/c1-8-12-6-10(7-13-8)4-9-2-3-11-5-9/h6-7,9,11H,2-5H2,1H3. The lowest BCUT2D eigenvalue weighted by Crippen LogP contribution is -2.11. The maximum atomic E-state index is 4.19. The highest BCUT2D eigenvalue weighted by Gasteiger charge is 2.14. The summed E-state index contributed by atoms with van der Waals surface area (Å²) in [4.78, 5) is 8.38. The van der Waals surface area contributed by atoms with Crippen molar-refractivity contribution < 1.29 is 0 Å².